The summed E-state index contributed by atoms with van der Waals surface area (Å²) in [6, 6.07) is 3.83. The van der Waals surface area contributed by atoms with E-state index in [2.05, 4.69) is 15.1 Å². The van der Waals surface area contributed by atoms with Crippen LogP contribution in [-0.2, 0) is 15.7 Å². The zero-order chi connectivity index (χ0) is 17.4. The number of fused-ring (bicyclic) bond motifs is 1. The number of ether oxygens (including phenoxy) is 2. The van der Waals surface area contributed by atoms with Crippen LogP contribution in [0.25, 0.3) is 0 Å². The topological polar surface area (TPSA) is 65.3 Å². The molecule has 2 atom stereocenters. The van der Waals surface area contributed by atoms with Gasteiger partial charge in [0, 0.05) is 13.1 Å². The van der Waals surface area contributed by atoms with Crippen molar-refractivity contribution in [3.63, 3.8) is 0 Å². The summed E-state index contributed by atoms with van der Waals surface area (Å²) in [6.45, 7) is 1.69. The summed E-state index contributed by atoms with van der Waals surface area (Å²) in [7, 11) is 0. The molecule has 0 aromatic carbocycles. The molecule has 7 nitrogen and oxygen atoms in total. The Kier molecular flexibility index (Phi) is 4.08. The fraction of sp³-hybridized carbons (Fsp3) is 0.533. The van der Waals surface area contributed by atoms with Crippen LogP contribution in [0, 0.1) is 0 Å². The van der Waals surface area contributed by atoms with E-state index in [1.807, 2.05) is 0 Å². The summed E-state index contributed by atoms with van der Waals surface area (Å²) in [5.41, 5.74) is -0.898. The minimum absolute atomic E-state index is 0.0618. The minimum Gasteiger partial charge on any atom is -0.371 e. The van der Waals surface area contributed by atoms with Crippen LogP contribution in [0.2, 0.25) is 0 Å². The second kappa shape index (κ2) is 6.26. The van der Waals surface area contributed by atoms with Gasteiger partial charge in [-0.25, -0.2) is 14.6 Å². The monoisotopic (exact) mass is 355 g/mol. The van der Waals surface area contributed by atoms with Gasteiger partial charge in [0.25, 0.3) is 0 Å². The molecular weight excluding hydrogens is 339 g/mol. The van der Waals surface area contributed by atoms with E-state index in [0.29, 0.717) is 26.3 Å². The molecular formula is C15H16F3N5O2. The van der Waals surface area contributed by atoms with Crippen molar-refractivity contribution in [3.8, 4) is 0 Å². The number of alkyl halides is 3. The summed E-state index contributed by atoms with van der Waals surface area (Å²) >= 11 is 0. The lowest BCUT2D eigenvalue weighted by atomic mass is 10.3. The van der Waals surface area contributed by atoms with Crippen LogP contribution >= 0.6 is 0 Å². The standard InChI is InChI=1S/C15H16F3N5O2/c16-15(17,18)13-2-1-3-14(21-13)22-4-11-12(5-22)25-7-10(6-24-11)23-9-19-8-20-23/h1-3,8-12H,4-7H2/t11-,12-/m0/s1. The molecule has 2 aliphatic heterocycles. The average Bonchev–Trinajstić information content (AvgIpc) is 3.22. The van der Waals surface area contributed by atoms with Crippen LogP contribution in [0.4, 0.5) is 19.0 Å². The molecule has 2 fully saturated rings. The third kappa shape index (κ3) is 3.31. The molecule has 0 spiro atoms. The van der Waals surface area contributed by atoms with E-state index in [4.69, 9.17) is 9.47 Å². The number of rotatable bonds is 2. The van der Waals surface area contributed by atoms with Crippen molar-refractivity contribution in [2.75, 3.05) is 31.2 Å². The molecule has 2 aromatic heterocycles. The van der Waals surface area contributed by atoms with Gasteiger partial charge in [-0.3, -0.25) is 0 Å². The quantitative estimate of drug-likeness (QED) is 0.814. The number of halogens is 3. The number of aromatic nitrogens is 4. The summed E-state index contributed by atoms with van der Waals surface area (Å²) in [6.07, 6.45) is -1.84. The zero-order valence-electron chi connectivity index (χ0n) is 13.1. The fourth-order valence-corrected chi connectivity index (χ4v) is 3.08. The van der Waals surface area contributed by atoms with Gasteiger partial charge < -0.3 is 14.4 Å². The normalized spacial score (nSPS) is 25.0. The second-order valence-corrected chi connectivity index (χ2v) is 6.06. The van der Waals surface area contributed by atoms with E-state index in [1.54, 1.807) is 22.0 Å². The Morgan fingerprint density at radius 2 is 1.80 bits per heavy atom. The number of hydrogen-bond acceptors (Lipinski definition) is 6. The van der Waals surface area contributed by atoms with Gasteiger partial charge >= 0.3 is 6.18 Å². The van der Waals surface area contributed by atoms with Gasteiger partial charge in [-0.15, -0.1) is 0 Å². The summed E-state index contributed by atoms with van der Waals surface area (Å²) < 4.78 is 52.0. The van der Waals surface area contributed by atoms with E-state index in [9.17, 15) is 13.2 Å². The maximum atomic E-state index is 12.8. The summed E-state index contributed by atoms with van der Waals surface area (Å²) in [5.74, 6) is 0.280. The van der Waals surface area contributed by atoms with E-state index >= 15 is 0 Å². The number of hydrogen-bond donors (Lipinski definition) is 0. The maximum Gasteiger partial charge on any atom is 0.433 e. The first-order chi connectivity index (χ1) is 12.0. The van der Waals surface area contributed by atoms with Crippen molar-refractivity contribution in [1.82, 2.24) is 19.7 Å². The van der Waals surface area contributed by atoms with Crippen molar-refractivity contribution in [2.45, 2.75) is 24.4 Å². The molecule has 2 saturated heterocycles. The van der Waals surface area contributed by atoms with Gasteiger partial charge in [0.1, 0.15) is 42.4 Å². The molecule has 0 unspecified atom stereocenters. The molecule has 4 heterocycles. The van der Waals surface area contributed by atoms with Gasteiger partial charge in [0.2, 0.25) is 0 Å². The molecule has 0 radical (unpaired) electrons. The van der Waals surface area contributed by atoms with Crippen molar-refractivity contribution >= 4 is 5.82 Å². The summed E-state index contributed by atoms with van der Waals surface area (Å²) in [4.78, 5) is 9.41. The molecule has 10 heteroatoms. The molecule has 2 aromatic rings. The molecule has 134 valence electrons. The Morgan fingerprint density at radius 3 is 2.40 bits per heavy atom. The maximum absolute atomic E-state index is 12.8. The second-order valence-electron chi connectivity index (χ2n) is 6.06. The average molecular weight is 355 g/mol. The van der Waals surface area contributed by atoms with Crippen molar-refractivity contribution < 1.29 is 22.6 Å². The van der Waals surface area contributed by atoms with E-state index in [1.165, 1.54) is 12.4 Å². The van der Waals surface area contributed by atoms with Crippen LogP contribution < -0.4 is 4.90 Å². The highest BCUT2D eigenvalue weighted by atomic mass is 19.4. The van der Waals surface area contributed by atoms with E-state index < -0.39 is 11.9 Å². The molecule has 2 aliphatic rings. The lowest BCUT2D eigenvalue weighted by Crippen LogP contribution is -2.27. The highest BCUT2D eigenvalue weighted by Gasteiger charge is 2.39. The molecule has 0 amide bonds. The van der Waals surface area contributed by atoms with Crippen LogP contribution in [0.3, 0.4) is 0 Å². The largest absolute Gasteiger partial charge is 0.433 e. The molecule has 0 bridgehead atoms. The van der Waals surface area contributed by atoms with Gasteiger partial charge in [-0.2, -0.15) is 18.3 Å². The number of anilines is 1. The Morgan fingerprint density at radius 1 is 1.08 bits per heavy atom. The Hall–Kier alpha value is -2.20. The van der Waals surface area contributed by atoms with Gasteiger partial charge in [-0.1, -0.05) is 6.07 Å². The highest BCUT2D eigenvalue weighted by molar-refractivity contribution is 5.42. The predicted molar refractivity (Wildman–Crippen MR) is 80.0 cm³/mol. The lowest BCUT2D eigenvalue weighted by molar-refractivity contribution is -0.141. The van der Waals surface area contributed by atoms with Crippen LogP contribution in [0.1, 0.15) is 11.7 Å². The molecule has 0 saturated carbocycles. The van der Waals surface area contributed by atoms with Gasteiger partial charge in [0.05, 0.1) is 13.2 Å². The Balaban J connectivity index is 1.45. The van der Waals surface area contributed by atoms with Crippen LogP contribution in [0.15, 0.2) is 30.9 Å². The lowest BCUT2D eigenvalue weighted by Gasteiger charge is -2.20. The summed E-state index contributed by atoms with van der Waals surface area (Å²) in [5, 5.41) is 4.09. The van der Waals surface area contributed by atoms with E-state index in [0.717, 1.165) is 6.07 Å². The molecule has 25 heavy (non-hydrogen) atoms. The third-order valence-electron chi connectivity index (χ3n) is 4.38. The third-order valence-corrected chi connectivity index (χ3v) is 4.38. The van der Waals surface area contributed by atoms with E-state index in [-0.39, 0.29) is 24.1 Å². The molecule has 0 N–H and O–H groups in total. The van der Waals surface area contributed by atoms with Gasteiger partial charge in [0.15, 0.2) is 0 Å². The predicted octanol–water partition coefficient (Wildman–Crippen LogP) is 1.54. The highest BCUT2D eigenvalue weighted by Crippen LogP contribution is 2.31. The Labute approximate surface area is 141 Å². The number of pyridine rings is 1. The van der Waals surface area contributed by atoms with Crippen molar-refractivity contribution in [1.29, 1.82) is 0 Å². The van der Waals surface area contributed by atoms with Gasteiger partial charge in [-0.05, 0) is 12.1 Å². The molecule has 0 aliphatic carbocycles. The van der Waals surface area contributed by atoms with Crippen LogP contribution in [0.5, 0.6) is 0 Å². The first-order valence-electron chi connectivity index (χ1n) is 7.87. The zero-order valence-corrected chi connectivity index (χ0v) is 13.1. The van der Waals surface area contributed by atoms with Crippen LogP contribution in [-0.4, -0.2) is 58.3 Å². The number of nitrogens with zero attached hydrogens (tertiary/aromatic N) is 5. The first-order valence-corrected chi connectivity index (χ1v) is 7.87. The van der Waals surface area contributed by atoms with Crippen molar-refractivity contribution in [3.05, 3.63) is 36.5 Å². The fourth-order valence-electron chi connectivity index (χ4n) is 3.08. The smallest absolute Gasteiger partial charge is 0.371 e. The minimum atomic E-state index is -4.46. The SMILES string of the molecule is FC(F)(F)c1cccc(N2C[C@@H]3OCC(n4cncn4)CO[C@H]3C2)n1. The molecule has 4 rings (SSSR count). The Bertz CT molecular complexity index is 708. The first kappa shape index (κ1) is 16.3. The van der Waals surface area contributed by atoms with Crippen molar-refractivity contribution in [2.24, 2.45) is 0 Å².